The van der Waals surface area contributed by atoms with E-state index in [1.165, 1.54) is 0 Å². The van der Waals surface area contributed by atoms with Crippen LogP contribution in [0.1, 0.15) is 23.2 Å². The highest BCUT2D eigenvalue weighted by Gasteiger charge is 2.22. The van der Waals surface area contributed by atoms with Crippen molar-refractivity contribution in [3.8, 4) is 0 Å². The fraction of sp³-hybridized carbons (Fsp3) is 0.500. The van der Waals surface area contributed by atoms with Gasteiger partial charge in [0.05, 0.1) is 6.61 Å². The first-order valence-electron chi connectivity index (χ1n) is 6.70. The minimum Gasteiger partial charge on any atom is -0.395 e. The second-order valence-corrected chi connectivity index (χ2v) is 6.76. The van der Waals surface area contributed by atoms with Gasteiger partial charge in [0.1, 0.15) is 0 Å². The highest BCUT2D eigenvalue weighted by Crippen LogP contribution is 2.21. The van der Waals surface area contributed by atoms with Crippen LogP contribution in [-0.4, -0.2) is 48.2 Å². The Morgan fingerprint density at radius 1 is 1.35 bits per heavy atom. The highest BCUT2D eigenvalue weighted by molar-refractivity contribution is 9.11. The zero-order valence-corrected chi connectivity index (χ0v) is 14.3. The largest absolute Gasteiger partial charge is 0.395 e. The summed E-state index contributed by atoms with van der Waals surface area (Å²) in [6.07, 6.45) is 2.23. The van der Waals surface area contributed by atoms with Crippen LogP contribution in [0.3, 0.4) is 0 Å². The molecule has 0 aliphatic carbocycles. The molecule has 1 saturated heterocycles. The van der Waals surface area contributed by atoms with Gasteiger partial charge in [-0.25, -0.2) is 0 Å². The summed E-state index contributed by atoms with van der Waals surface area (Å²) in [5.74, 6) is -0.0465. The van der Waals surface area contributed by atoms with Gasteiger partial charge in [0, 0.05) is 33.6 Å². The molecule has 2 N–H and O–H groups in total. The minimum atomic E-state index is -0.0465. The molecular formula is C14H18Br2N2O2. The molecule has 1 aliphatic rings. The summed E-state index contributed by atoms with van der Waals surface area (Å²) >= 11 is 6.79. The predicted molar refractivity (Wildman–Crippen MR) is 85.9 cm³/mol. The minimum absolute atomic E-state index is 0.0202. The molecule has 1 aliphatic heterocycles. The maximum atomic E-state index is 12.6. The molecular weight excluding hydrogens is 388 g/mol. The van der Waals surface area contributed by atoms with Gasteiger partial charge in [-0.3, -0.25) is 4.79 Å². The zero-order valence-electron chi connectivity index (χ0n) is 11.1. The number of hydrogen-bond donors (Lipinski definition) is 2. The molecule has 1 aromatic rings. The maximum Gasteiger partial charge on any atom is 0.254 e. The molecule has 20 heavy (non-hydrogen) atoms. The van der Waals surface area contributed by atoms with Gasteiger partial charge in [0.15, 0.2) is 0 Å². The van der Waals surface area contributed by atoms with Gasteiger partial charge in [0.2, 0.25) is 0 Å². The van der Waals surface area contributed by atoms with Crippen molar-refractivity contribution in [2.24, 2.45) is 0 Å². The molecule has 1 unspecified atom stereocenters. The topological polar surface area (TPSA) is 52.6 Å². The third-order valence-electron chi connectivity index (χ3n) is 3.37. The Morgan fingerprint density at radius 3 is 2.60 bits per heavy atom. The molecule has 0 aromatic heterocycles. The Balaban J connectivity index is 2.12. The number of carbonyl (C=O) groups excluding carboxylic acids is 1. The summed E-state index contributed by atoms with van der Waals surface area (Å²) in [4.78, 5) is 14.3. The standard InChI is InChI=1S/C14H18Br2N2O2/c15-11-6-10(7-12(16)8-11)14(20)18(4-5-19)9-13-2-1-3-17-13/h6-8,13,17,19H,1-5,9H2. The van der Waals surface area contributed by atoms with Crippen molar-refractivity contribution in [2.45, 2.75) is 18.9 Å². The van der Waals surface area contributed by atoms with Gasteiger partial charge in [0.25, 0.3) is 5.91 Å². The van der Waals surface area contributed by atoms with Crippen molar-refractivity contribution in [2.75, 3.05) is 26.2 Å². The fourth-order valence-corrected chi connectivity index (χ4v) is 3.73. The second kappa shape index (κ2) is 7.54. The quantitative estimate of drug-likeness (QED) is 0.790. The molecule has 1 fully saturated rings. The van der Waals surface area contributed by atoms with Crippen molar-refractivity contribution < 1.29 is 9.90 Å². The van der Waals surface area contributed by atoms with E-state index in [1.807, 2.05) is 6.07 Å². The van der Waals surface area contributed by atoms with Gasteiger partial charge in [-0.1, -0.05) is 31.9 Å². The average Bonchev–Trinajstić information content (AvgIpc) is 2.89. The summed E-state index contributed by atoms with van der Waals surface area (Å²) in [5.41, 5.74) is 0.623. The lowest BCUT2D eigenvalue weighted by Gasteiger charge is -2.25. The molecule has 0 radical (unpaired) electrons. The third kappa shape index (κ3) is 4.28. The van der Waals surface area contributed by atoms with Crippen LogP contribution in [0.25, 0.3) is 0 Å². The van der Waals surface area contributed by atoms with Crippen LogP contribution >= 0.6 is 31.9 Å². The highest BCUT2D eigenvalue weighted by atomic mass is 79.9. The Labute approximate surface area is 135 Å². The molecule has 1 atom stereocenters. The molecule has 1 heterocycles. The number of aliphatic hydroxyl groups is 1. The smallest absolute Gasteiger partial charge is 0.254 e. The Bertz CT molecular complexity index is 456. The molecule has 0 spiro atoms. The van der Waals surface area contributed by atoms with Crippen LogP contribution in [0.5, 0.6) is 0 Å². The van der Waals surface area contributed by atoms with E-state index in [0.717, 1.165) is 28.3 Å². The van der Waals surface area contributed by atoms with E-state index < -0.39 is 0 Å². The second-order valence-electron chi connectivity index (χ2n) is 4.93. The van der Waals surface area contributed by atoms with Gasteiger partial charge in [-0.15, -0.1) is 0 Å². The first kappa shape index (κ1) is 15.9. The number of aliphatic hydroxyl groups excluding tert-OH is 1. The summed E-state index contributed by atoms with van der Waals surface area (Å²) in [7, 11) is 0. The molecule has 0 bridgehead atoms. The van der Waals surface area contributed by atoms with Gasteiger partial charge >= 0.3 is 0 Å². The lowest BCUT2D eigenvalue weighted by Crippen LogP contribution is -2.42. The van der Waals surface area contributed by atoms with Crippen molar-refractivity contribution in [1.29, 1.82) is 0 Å². The van der Waals surface area contributed by atoms with Gasteiger partial charge in [-0.05, 0) is 37.6 Å². The summed E-state index contributed by atoms with van der Waals surface area (Å²) in [6, 6.07) is 5.84. The number of hydrogen-bond acceptors (Lipinski definition) is 3. The van der Waals surface area contributed by atoms with Crippen LogP contribution in [0.4, 0.5) is 0 Å². The van der Waals surface area contributed by atoms with E-state index >= 15 is 0 Å². The van der Waals surface area contributed by atoms with E-state index in [2.05, 4.69) is 37.2 Å². The Morgan fingerprint density at radius 2 is 2.05 bits per heavy atom. The molecule has 4 nitrogen and oxygen atoms in total. The first-order chi connectivity index (χ1) is 9.60. The number of carbonyl (C=O) groups is 1. The van der Waals surface area contributed by atoms with Crippen molar-refractivity contribution >= 4 is 37.8 Å². The third-order valence-corrected chi connectivity index (χ3v) is 4.29. The molecule has 6 heteroatoms. The monoisotopic (exact) mass is 404 g/mol. The fourth-order valence-electron chi connectivity index (χ4n) is 2.43. The average molecular weight is 406 g/mol. The van der Waals surface area contributed by atoms with Crippen molar-refractivity contribution in [3.63, 3.8) is 0 Å². The number of rotatable bonds is 5. The van der Waals surface area contributed by atoms with Crippen molar-refractivity contribution in [3.05, 3.63) is 32.7 Å². The summed E-state index contributed by atoms with van der Waals surface area (Å²) in [6.45, 7) is 1.99. The summed E-state index contributed by atoms with van der Waals surface area (Å²) < 4.78 is 1.72. The number of halogens is 2. The molecule has 1 amide bonds. The summed E-state index contributed by atoms with van der Waals surface area (Å²) in [5, 5.41) is 12.6. The van der Waals surface area contributed by atoms with E-state index in [1.54, 1.807) is 17.0 Å². The SMILES string of the molecule is O=C(c1cc(Br)cc(Br)c1)N(CCO)CC1CCCN1. The van der Waals surface area contributed by atoms with Gasteiger partial charge < -0.3 is 15.3 Å². The molecule has 0 saturated carbocycles. The first-order valence-corrected chi connectivity index (χ1v) is 8.28. The van der Waals surface area contributed by atoms with E-state index in [0.29, 0.717) is 24.7 Å². The molecule has 1 aromatic carbocycles. The predicted octanol–water partition coefficient (Wildman–Crippen LogP) is 2.40. The number of benzene rings is 1. The van der Waals surface area contributed by atoms with E-state index in [9.17, 15) is 9.90 Å². The van der Waals surface area contributed by atoms with Crippen LogP contribution in [0.2, 0.25) is 0 Å². The van der Waals surface area contributed by atoms with Crippen LogP contribution in [0.15, 0.2) is 27.1 Å². The lowest BCUT2D eigenvalue weighted by atomic mass is 10.1. The van der Waals surface area contributed by atoms with E-state index in [-0.39, 0.29) is 12.5 Å². The van der Waals surface area contributed by atoms with Crippen molar-refractivity contribution in [1.82, 2.24) is 10.2 Å². The van der Waals surface area contributed by atoms with Gasteiger partial charge in [-0.2, -0.15) is 0 Å². The molecule has 2 rings (SSSR count). The number of nitrogens with zero attached hydrogens (tertiary/aromatic N) is 1. The van der Waals surface area contributed by atoms with Crippen LogP contribution in [0, 0.1) is 0 Å². The Hall–Kier alpha value is -0.430. The Kier molecular flexibility index (Phi) is 6.01. The lowest BCUT2D eigenvalue weighted by molar-refractivity contribution is 0.0706. The zero-order chi connectivity index (χ0) is 14.5. The normalized spacial score (nSPS) is 18.2. The maximum absolute atomic E-state index is 12.6. The van der Waals surface area contributed by atoms with Crippen LogP contribution in [-0.2, 0) is 0 Å². The van der Waals surface area contributed by atoms with Crippen LogP contribution < -0.4 is 5.32 Å². The number of amides is 1. The molecule has 110 valence electrons. The number of nitrogens with one attached hydrogen (secondary N) is 1. The van der Waals surface area contributed by atoms with E-state index in [4.69, 9.17) is 0 Å².